The first-order valence-corrected chi connectivity index (χ1v) is 5.46. The van der Waals surface area contributed by atoms with E-state index in [0.29, 0.717) is 12.5 Å². The van der Waals surface area contributed by atoms with Crippen LogP contribution in [0.2, 0.25) is 0 Å². The van der Waals surface area contributed by atoms with E-state index in [-0.39, 0.29) is 11.0 Å². The molecule has 6 heteroatoms. The van der Waals surface area contributed by atoms with Gasteiger partial charge < -0.3 is 5.32 Å². The molecule has 0 spiro atoms. The van der Waals surface area contributed by atoms with Crippen molar-refractivity contribution in [2.24, 2.45) is 16.8 Å². The predicted octanol–water partition coefficient (Wildman–Crippen LogP) is 0.202. The van der Waals surface area contributed by atoms with Crippen LogP contribution in [-0.2, 0) is 9.59 Å². The second kappa shape index (κ2) is 5.16. The van der Waals surface area contributed by atoms with Gasteiger partial charge in [0.05, 0.1) is 0 Å². The topological polar surface area (TPSA) is 61.8 Å². The lowest BCUT2D eigenvalue weighted by molar-refractivity contribution is -0.137. The number of hydrogen-bond donors (Lipinski definition) is 1. The molecule has 5 nitrogen and oxygen atoms in total. The summed E-state index contributed by atoms with van der Waals surface area (Å²) in [5, 5.41) is 2.60. The summed E-state index contributed by atoms with van der Waals surface area (Å²) in [4.78, 5) is 28.5. The number of thiocarbonyl (C=S) groups is 1. The fourth-order valence-corrected chi connectivity index (χ4v) is 1.39. The van der Waals surface area contributed by atoms with Crippen molar-refractivity contribution in [3.05, 3.63) is 0 Å². The van der Waals surface area contributed by atoms with Gasteiger partial charge in [-0.15, -0.1) is 0 Å². The van der Waals surface area contributed by atoms with Gasteiger partial charge in [-0.05, 0) is 18.1 Å². The minimum atomic E-state index is -0.851. The van der Waals surface area contributed by atoms with Crippen LogP contribution in [0.3, 0.4) is 0 Å². The second-order valence-electron chi connectivity index (χ2n) is 4.08. The van der Waals surface area contributed by atoms with Gasteiger partial charge >= 0.3 is 0 Å². The van der Waals surface area contributed by atoms with Crippen LogP contribution in [0.5, 0.6) is 0 Å². The van der Waals surface area contributed by atoms with Gasteiger partial charge in [0.15, 0.2) is 11.0 Å². The van der Waals surface area contributed by atoms with Crippen LogP contribution in [0, 0.1) is 11.8 Å². The maximum Gasteiger partial charge on any atom is 0.246 e. The van der Waals surface area contributed by atoms with Crippen molar-refractivity contribution in [3.63, 3.8) is 0 Å². The monoisotopic (exact) mass is 241 g/mol. The minimum absolute atomic E-state index is 0.142. The van der Waals surface area contributed by atoms with E-state index >= 15 is 0 Å². The molecule has 2 amide bonds. The molecular formula is C10H15N3O2S. The highest BCUT2D eigenvalue weighted by atomic mass is 32.1. The van der Waals surface area contributed by atoms with Gasteiger partial charge in [0.2, 0.25) is 11.8 Å². The Morgan fingerprint density at radius 2 is 2.19 bits per heavy atom. The molecule has 0 saturated carbocycles. The Hall–Kier alpha value is -1.30. The third kappa shape index (κ3) is 2.85. The Bertz CT molecular complexity index is 352. The van der Waals surface area contributed by atoms with Crippen molar-refractivity contribution >= 4 is 35.4 Å². The van der Waals surface area contributed by atoms with Gasteiger partial charge in [0.25, 0.3) is 0 Å². The molecule has 0 aromatic rings. The van der Waals surface area contributed by atoms with Crippen molar-refractivity contribution in [2.45, 2.75) is 13.8 Å². The van der Waals surface area contributed by atoms with Crippen LogP contribution < -0.4 is 5.32 Å². The van der Waals surface area contributed by atoms with Gasteiger partial charge in [-0.3, -0.25) is 19.5 Å². The molecule has 0 aliphatic carbocycles. The summed E-state index contributed by atoms with van der Waals surface area (Å²) >= 11 is 4.82. The molecule has 16 heavy (non-hydrogen) atoms. The largest absolute Gasteiger partial charge is 0.302 e. The lowest BCUT2D eigenvalue weighted by atomic mass is 10.1. The maximum absolute atomic E-state index is 11.7. The summed E-state index contributed by atoms with van der Waals surface area (Å²) in [5.74, 6) is -1.19. The van der Waals surface area contributed by atoms with E-state index in [9.17, 15) is 9.59 Å². The molecule has 1 N–H and O–H groups in total. The first-order chi connectivity index (χ1) is 7.43. The molecule has 1 rings (SSSR count). The molecule has 88 valence electrons. The molecule has 1 fully saturated rings. The smallest absolute Gasteiger partial charge is 0.246 e. The maximum atomic E-state index is 11.7. The van der Waals surface area contributed by atoms with E-state index in [1.165, 1.54) is 18.2 Å². The minimum Gasteiger partial charge on any atom is -0.302 e. The van der Waals surface area contributed by atoms with Crippen LogP contribution >= 0.6 is 12.2 Å². The van der Waals surface area contributed by atoms with Crippen molar-refractivity contribution in [1.29, 1.82) is 0 Å². The summed E-state index contributed by atoms with van der Waals surface area (Å²) < 4.78 is 0. The summed E-state index contributed by atoms with van der Waals surface area (Å²) in [6.07, 6.45) is 1.40. The van der Waals surface area contributed by atoms with E-state index in [2.05, 4.69) is 10.3 Å². The number of amides is 2. The second-order valence-corrected chi connectivity index (χ2v) is 4.46. The highest BCUT2D eigenvalue weighted by Crippen LogP contribution is 2.07. The molecule has 1 unspecified atom stereocenters. The summed E-state index contributed by atoms with van der Waals surface area (Å²) in [6.45, 7) is 4.63. The van der Waals surface area contributed by atoms with E-state index < -0.39 is 11.8 Å². The standard InChI is InChI=1S/C10H15N3O2S/c1-6(2)4-11-5-7-8(14)12-10(16)13(3)9(7)15/h5-7H,4H2,1-3H3,(H,12,14,16). The fourth-order valence-electron chi connectivity index (χ4n) is 1.20. The van der Waals surface area contributed by atoms with Gasteiger partial charge in [-0.1, -0.05) is 13.8 Å². The number of hydrogen-bond acceptors (Lipinski definition) is 4. The Morgan fingerprint density at radius 3 is 2.75 bits per heavy atom. The summed E-state index contributed by atoms with van der Waals surface area (Å²) in [5.41, 5.74) is 0. The van der Waals surface area contributed by atoms with Crippen molar-refractivity contribution in [3.8, 4) is 0 Å². The average Bonchev–Trinajstić information content (AvgIpc) is 2.19. The van der Waals surface area contributed by atoms with E-state index in [1.807, 2.05) is 13.8 Å². The Kier molecular flexibility index (Phi) is 4.12. The van der Waals surface area contributed by atoms with Gasteiger partial charge in [-0.2, -0.15) is 0 Å². The molecule has 1 atom stereocenters. The van der Waals surface area contributed by atoms with Crippen molar-refractivity contribution < 1.29 is 9.59 Å². The third-order valence-electron chi connectivity index (χ3n) is 2.14. The quantitative estimate of drug-likeness (QED) is 0.436. The SMILES string of the molecule is CC(C)CN=CC1C(=O)NC(=S)N(C)C1=O. The van der Waals surface area contributed by atoms with Crippen LogP contribution in [0.1, 0.15) is 13.8 Å². The van der Waals surface area contributed by atoms with E-state index in [0.717, 1.165) is 0 Å². The van der Waals surface area contributed by atoms with Crippen LogP contribution in [0.25, 0.3) is 0 Å². The first-order valence-electron chi connectivity index (χ1n) is 5.05. The van der Waals surface area contributed by atoms with Crippen molar-refractivity contribution in [1.82, 2.24) is 10.2 Å². The highest BCUT2D eigenvalue weighted by molar-refractivity contribution is 7.80. The van der Waals surface area contributed by atoms with Gasteiger partial charge in [-0.25, -0.2) is 0 Å². The normalized spacial score (nSPS) is 22.1. The van der Waals surface area contributed by atoms with Crippen LogP contribution in [-0.4, -0.2) is 41.6 Å². The first kappa shape index (κ1) is 12.8. The highest BCUT2D eigenvalue weighted by Gasteiger charge is 2.35. The predicted molar refractivity (Wildman–Crippen MR) is 65.2 cm³/mol. The average molecular weight is 241 g/mol. The molecule has 1 aliphatic rings. The van der Waals surface area contributed by atoms with Crippen molar-refractivity contribution in [2.75, 3.05) is 13.6 Å². The number of carbonyl (C=O) groups excluding carboxylic acids is 2. The molecule has 1 heterocycles. The zero-order valence-electron chi connectivity index (χ0n) is 9.56. The Balaban J connectivity index is 2.72. The van der Waals surface area contributed by atoms with Crippen LogP contribution in [0.4, 0.5) is 0 Å². The molecule has 1 aliphatic heterocycles. The number of aliphatic imine (C=N–C) groups is 1. The Morgan fingerprint density at radius 1 is 1.56 bits per heavy atom. The zero-order valence-corrected chi connectivity index (χ0v) is 10.4. The number of nitrogens with zero attached hydrogens (tertiary/aromatic N) is 2. The molecule has 0 aromatic heterocycles. The molecule has 0 radical (unpaired) electrons. The van der Waals surface area contributed by atoms with E-state index in [4.69, 9.17) is 12.2 Å². The molecule has 0 aromatic carbocycles. The fraction of sp³-hybridized carbons (Fsp3) is 0.600. The summed E-state index contributed by atoms with van der Waals surface area (Å²) in [7, 11) is 1.54. The molecular weight excluding hydrogens is 226 g/mol. The lowest BCUT2D eigenvalue weighted by Crippen LogP contribution is -2.56. The number of carbonyl (C=O) groups is 2. The molecule has 1 saturated heterocycles. The van der Waals surface area contributed by atoms with Gasteiger partial charge in [0, 0.05) is 19.8 Å². The zero-order chi connectivity index (χ0) is 12.3. The van der Waals surface area contributed by atoms with Gasteiger partial charge in [0.1, 0.15) is 0 Å². The third-order valence-corrected chi connectivity index (χ3v) is 2.51. The van der Waals surface area contributed by atoms with Crippen LogP contribution in [0.15, 0.2) is 4.99 Å². The lowest BCUT2D eigenvalue weighted by Gasteiger charge is -2.27. The van der Waals surface area contributed by atoms with E-state index in [1.54, 1.807) is 0 Å². The Labute approximate surface area is 99.9 Å². The number of rotatable bonds is 3. The number of nitrogens with one attached hydrogen (secondary N) is 1. The summed E-state index contributed by atoms with van der Waals surface area (Å²) in [6, 6.07) is 0. The molecule has 0 bridgehead atoms.